The summed E-state index contributed by atoms with van der Waals surface area (Å²) < 4.78 is 11.9. The molecule has 0 unspecified atom stereocenters. The van der Waals surface area contributed by atoms with Gasteiger partial charge in [-0.15, -0.1) is 0 Å². The maximum absolute atomic E-state index is 13.4. The zero-order valence-corrected chi connectivity index (χ0v) is 16.9. The zero-order chi connectivity index (χ0) is 19.5. The van der Waals surface area contributed by atoms with Crippen LogP contribution in [-0.2, 0) is 0 Å². The lowest BCUT2D eigenvalue weighted by Crippen LogP contribution is -2.38. The first-order valence-corrected chi connectivity index (χ1v) is 10.3. The summed E-state index contributed by atoms with van der Waals surface area (Å²) in [6.45, 7) is 7.71. The third kappa shape index (κ3) is 3.68. The highest BCUT2D eigenvalue weighted by Gasteiger charge is 2.24. The summed E-state index contributed by atoms with van der Waals surface area (Å²) in [4.78, 5) is 22.2. The van der Waals surface area contributed by atoms with E-state index in [0.717, 1.165) is 35.0 Å². The third-order valence-corrected chi connectivity index (χ3v) is 5.97. The quantitative estimate of drug-likeness (QED) is 0.603. The molecule has 7 heteroatoms. The molecule has 0 atom stereocenters. The number of hydrogen-bond acceptors (Lipinski definition) is 6. The van der Waals surface area contributed by atoms with Gasteiger partial charge in [0.2, 0.25) is 6.79 Å². The number of benzene rings is 2. The molecule has 0 bridgehead atoms. The number of fused-ring (bicyclic) bond motifs is 2. The van der Waals surface area contributed by atoms with Crippen LogP contribution in [0, 0.1) is 0 Å². The Morgan fingerprint density at radius 3 is 2.64 bits per heavy atom. The van der Waals surface area contributed by atoms with Crippen LogP contribution in [0.25, 0.3) is 10.2 Å². The summed E-state index contributed by atoms with van der Waals surface area (Å²) in [5.74, 6) is 1.20. The highest BCUT2D eigenvalue weighted by atomic mass is 32.1. The minimum absolute atomic E-state index is 0.0792. The van der Waals surface area contributed by atoms with Gasteiger partial charge in [-0.3, -0.25) is 9.69 Å². The van der Waals surface area contributed by atoms with Crippen LogP contribution in [-0.4, -0.2) is 48.8 Å². The van der Waals surface area contributed by atoms with E-state index in [1.54, 1.807) is 34.4 Å². The Hall–Kier alpha value is -2.64. The van der Waals surface area contributed by atoms with Crippen LogP contribution in [0.1, 0.15) is 24.2 Å². The van der Waals surface area contributed by atoms with Gasteiger partial charge in [0.1, 0.15) is 0 Å². The van der Waals surface area contributed by atoms with Gasteiger partial charge in [0.15, 0.2) is 16.6 Å². The van der Waals surface area contributed by atoms with Crippen molar-refractivity contribution in [1.29, 1.82) is 0 Å². The summed E-state index contributed by atoms with van der Waals surface area (Å²) in [7, 11) is 0. The number of carbonyl (C=O) groups is 1. The zero-order valence-electron chi connectivity index (χ0n) is 16.1. The number of thiazole rings is 1. The summed E-state index contributed by atoms with van der Waals surface area (Å²) in [6.07, 6.45) is 0. The van der Waals surface area contributed by atoms with Crippen LogP contribution in [0.15, 0.2) is 42.5 Å². The molecule has 146 valence electrons. The molecular weight excluding hydrogens is 374 g/mol. The van der Waals surface area contributed by atoms with Crippen LogP contribution in [0.3, 0.4) is 0 Å². The number of hydrogen-bond donors (Lipinski definition) is 0. The maximum Gasteiger partial charge on any atom is 0.260 e. The smallest absolute Gasteiger partial charge is 0.260 e. The molecule has 3 aromatic rings. The van der Waals surface area contributed by atoms with Crippen molar-refractivity contribution in [1.82, 2.24) is 9.88 Å². The van der Waals surface area contributed by atoms with Gasteiger partial charge in [0.05, 0.1) is 10.2 Å². The van der Waals surface area contributed by atoms with Gasteiger partial charge in [0, 0.05) is 18.7 Å². The van der Waals surface area contributed by atoms with E-state index in [1.807, 2.05) is 24.3 Å². The predicted molar refractivity (Wildman–Crippen MR) is 112 cm³/mol. The van der Waals surface area contributed by atoms with E-state index in [1.165, 1.54) is 0 Å². The second kappa shape index (κ2) is 8.16. The number of para-hydroxylation sites is 1. The summed E-state index contributed by atoms with van der Waals surface area (Å²) in [5.41, 5.74) is 1.48. The van der Waals surface area contributed by atoms with E-state index in [9.17, 15) is 4.79 Å². The summed E-state index contributed by atoms with van der Waals surface area (Å²) >= 11 is 1.54. The Balaban J connectivity index is 1.66. The lowest BCUT2D eigenvalue weighted by atomic mass is 10.1. The summed E-state index contributed by atoms with van der Waals surface area (Å²) in [6, 6.07) is 13.3. The first-order valence-electron chi connectivity index (χ1n) is 9.49. The van der Waals surface area contributed by atoms with Crippen molar-refractivity contribution in [3.8, 4) is 11.5 Å². The monoisotopic (exact) mass is 397 g/mol. The average Bonchev–Trinajstić information content (AvgIpc) is 3.36. The lowest BCUT2D eigenvalue weighted by molar-refractivity contribution is 0.0983. The van der Waals surface area contributed by atoms with Gasteiger partial charge < -0.3 is 14.4 Å². The minimum atomic E-state index is -0.0792. The first kappa shape index (κ1) is 18.7. The fourth-order valence-electron chi connectivity index (χ4n) is 3.23. The van der Waals surface area contributed by atoms with Gasteiger partial charge in [-0.05, 0) is 43.4 Å². The maximum atomic E-state index is 13.4. The van der Waals surface area contributed by atoms with Gasteiger partial charge in [0.25, 0.3) is 5.91 Å². The van der Waals surface area contributed by atoms with Crippen molar-refractivity contribution >= 4 is 32.6 Å². The van der Waals surface area contributed by atoms with Crippen molar-refractivity contribution in [2.24, 2.45) is 0 Å². The standard InChI is InChI=1S/C21H23N3O3S/c1-3-23(4-2)11-12-24(21-22-16-7-5-6-8-19(16)28-21)20(25)15-9-10-17-18(13-15)27-14-26-17/h5-10,13H,3-4,11-12,14H2,1-2H3. The van der Waals surface area contributed by atoms with Crippen LogP contribution in [0.2, 0.25) is 0 Å². The van der Waals surface area contributed by atoms with Gasteiger partial charge >= 0.3 is 0 Å². The van der Waals surface area contributed by atoms with E-state index in [4.69, 9.17) is 14.5 Å². The SMILES string of the molecule is CCN(CC)CCN(C(=O)c1ccc2c(c1)OCO2)c1nc2ccccc2s1. The van der Waals surface area contributed by atoms with Crippen LogP contribution in [0.4, 0.5) is 5.13 Å². The average molecular weight is 398 g/mol. The fraction of sp³-hybridized carbons (Fsp3) is 0.333. The fourth-order valence-corrected chi connectivity index (χ4v) is 4.22. The highest BCUT2D eigenvalue weighted by molar-refractivity contribution is 7.22. The van der Waals surface area contributed by atoms with Gasteiger partial charge in [-0.2, -0.15) is 0 Å². The number of aromatic nitrogens is 1. The first-order chi connectivity index (χ1) is 13.7. The Morgan fingerprint density at radius 1 is 1.07 bits per heavy atom. The number of anilines is 1. The Kier molecular flexibility index (Phi) is 5.45. The van der Waals surface area contributed by atoms with Crippen LogP contribution >= 0.6 is 11.3 Å². The molecule has 1 aromatic heterocycles. The van der Waals surface area contributed by atoms with E-state index in [2.05, 4.69) is 18.7 Å². The lowest BCUT2D eigenvalue weighted by Gasteiger charge is -2.24. The number of amides is 1. The van der Waals surface area contributed by atoms with Crippen molar-refractivity contribution in [2.45, 2.75) is 13.8 Å². The minimum Gasteiger partial charge on any atom is -0.454 e. The van der Waals surface area contributed by atoms with Gasteiger partial charge in [-0.1, -0.05) is 37.3 Å². The molecule has 4 rings (SSSR count). The number of ether oxygens (including phenoxy) is 2. The highest BCUT2D eigenvalue weighted by Crippen LogP contribution is 2.34. The molecule has 0 saturated carbocycles. The molecular formula is C21H23N3O3S. The second-order valence-corrected chi connectivity index (χ2v) is 7.52. The topological polar surface area (TPSA) is 54.9 Å². The normalized spacial score (nSPS) is 12.7. The molecule has 1 aliphatic rings. The molecule has 2 aromatic carbocycles. The second-order valence-electron chi connectivity index (χ2n) is 6.52. The Bertz CT molecular complexity index is 951. The number of nitrogens with zero attached hydrogens (tertiary/aromatic N) is 3. The molecule has 6 nitrogen and oxygen atoms in total. The van der Waals surface area contributed by atoms with Crippen LogP contribution in [0.5, 0.6) is 11.5 Å². The molecule has 0 N–H and O–H groups in total. The van der Waals surface area contributed by atoms with E-state index < -0.39 is 0 Å². The molecule has 2 heterocycles. The molecule has 0 spiro atoms. The number of carbonyl (C=O) groups excluding carboxylic acids is 1. The van der Waals surface area contributed by atoms with Crippen molar-refractivity contribution in [3.05, 3.63) is 48.0 Å². The molecule has 28 heavy (non-hydrogen) atoms. The molecule has 0 aliphatic carbocycles. The Morgan fingerprint density at radius 2 is 1.86 bits per heavy atom. The third-order valence-electron chi connectivity index (χ3n) is 4.91. The molecule has 1 aliphatic heterocycles. The van der Waals surface area contributed by atoms with Crippen LogP contribution < -0.4 is 14.4 Å². The van der Waals surface area contributed by atoms with E-state index in [-0.39, 0.29) is 12.7 Å². The molecule has 0 radical (unpaired) electrons. The Labute approximate surface area is 168 Å². The van der Waals surface area contributed by atoms with Crippen molar-refractivity contribution in [3.63, 3.8) is 0 Å². The number of likely N-dealkylation sites (N-methyl/N-ethyl adjacent to an activating group) is 1. The largest absolute Gasteiger partial charge is 0.454 e. The molecule has 0 saturated heterocycles. The summed E-state index contributed by atoms with van der Waals surface area (Å²) in [5, 5.41) is 0.719. The molecule has 1 amide bonds. The predicted octanol–water partition coefficient (Wildman–Crippen LogP) is 4.01. The van der Waals surface area contributed by atoms with Gasteiger partial charge in [-0.25, -0.2) is 4.98 Å². The van der Waals surface area contributed by atoms with E-state index in [0.29, 0.717) is 23.6 Å². The molecule has 0 fully saturated rings. The van der Waals surface area contributed by atoms with E-state index >= 15 is 0 Å². The van der Waals surface area contributed by atoms with Crippen molar-refractivity contribution < 1.29 is 14.3 Å². The van der Waals surface area contributed by atoms with Crippen molar-refractivity contribution in [2.75, 3.05) is 37.9 Å². The number of rotatable bonds is 7.